The van der Waals surface area contributed by atoms with E-state index >= 15 is 0 Å². The Hall–Kier alpha value is -2.27. The van der Waals surface area contributed by atoms with E-state index in [2.05, 4.69) is 5.32 Å². The number of thioether (sulfide) groups is 1. The van der Waals surface area contributed by atoms with Gasteiger partial charge >= 0.3 is 5.97 Å². The van der Waals surface area contributed by atoms with Gasteiger partial charge in [0.05, 0.1) is 5.56 Å². The molecule has 0 aromatic heterocycles. The molecule has 4 nitrogen and oxygen atoms in total. The molecule has 108 valence electrons. The molecule has 0 heterocycles. The molecule has 2 rings (SSSR count). The Morgan fingerprint density at radius 1 is 1.05 bits per heavy atom. The standard InChI is InChI=1S/C16H15NO3S/c18-15(17-13-6-2-1-3-7-13)9-10-21-14-8-4-5-12(11-14)16(19)20/h1-8,11H,9-10H2,(H,17,18)(H,19,20). The molecule has 0 saturated carbocycles. The zero-order valence-corrected chi connectivity index (χ0v) is 12.1. The van der Waals surface area contributed by atoms with Gasteiger partial charge in [-0.05, 0) is 30.3 Å². The van der Waals surface area contributed by atoms with Gasteiger partial charge in [0.1, 0.15) is 0 Å². The van der Waals surface area contributed by atoms with Crippen LogP contribution in [-0.2, 0) is 4.79 Å². The third-order valence-electron chi connectivity index (χ3n) is 2.74. The summed E-state index contributed by atoms with van der Waals surface area (Å²) in [6.45, 7) is 0. The van der Waals surface area contributed by atoms with Crippen LogP contribution < -0.4 is 5.32 Å². The highest BCUT2D eigenvalue weighted by Crippen LogP contribution is 2.20. The van der Waals surface area contributed by atoms with Crippen molar-refractivity contribution in [3.8, 4) is 0 Å². The van der Waals surface area contributed by atoms with Gasteiger partial charge in [-0.2, -0.15) is 0 Å². The first kappa shape index (κ1) is 15.1. The van der Waals surface area contributed by atoms with E-state index in [1.807, 2.05) is 36.4 Å². The van der Waals surface area contributed by atoms with E-state index in [-0.39, 0.29) is 11.5 Å². The molecule has 0 bridgehead atoms. The quantitative estimate of drug-likeness (QED) is 0.801. The minimum atomic E-state index is -0.945. The summed E-state index contributed by atoms with van der Waals surface area (Å²) in [5.74, 6) is -0.399. The number of anilines is 1. The zero-order chi connectivity index (χ0) is 15.1. The van der Waals surface area contributed by atoms with E-state index in [1.165, 1.54) is 11.8 Å². The average Bonchev–Trinajstić information content (AvgIpc) is 2.48. The van der Waals surface area contributed by atoms with Crippen LogP contribution in [0.5, 0.6) is 0 Å². The number of benzene rings is 2. The summed E-state index contributed by atoms with van der Waals surface area (Å²) in [4.78, 5) is 23.5. The van der Waals surface area contributed by atoms with Crippen LogP contribution in [0.15, 0.2) is 59.5 Å². The van der Waals surface area contributed by atoms with E-state index in [0.717, 1.165) is 10.6 Å². The molecule has 1 amide bonds. The number of carboxylic acid groups (broad SMARTS) is 1. The average molecular weight is 301 g/mol. The fraction of sp³-hybridized carbons (Fsp3) is 0.125. The predicted octanol–water partition coefficient (Wildman–Crippen LogP) is 3.51. The van der Waals surface area contributed by atoms with E-state index in [0.29, 0.717) is 12.2 Å². The second-order valence-corrected chi connectivity index (χ2v) is 5.51. The molecule has 21 heavy (non-hydrogen) atoms. The molecule has 0 spiro atoms. The lowest BCUT2D eigenvalue weighted by molar-refractivity contribution is -0.115. The van der Waals surface area contributed by atoms with Crippen molar-refractivity contribution < 1.29 is 14.7 Å². The number of aromatic carboxylic acids is 1. The summed E-state index contributed by atoms with van der Waals surface area (Å²) in [5, 5.41) is 11.7. The van der Waals surface area contributed by atoms with Crippen molar-refractivity contribution in [1.82, 2.24) is 0 Å². The minimum absolute atomic E-state index is 0.0527. The number of rotatable bonds is 6. The Bertz CT molecular complexity index is 628. The summed E-state index contributed by atoms with van der Waals surface area (Å²) in [6, 6.07) is 16.0. The highest BCUT2D eigenvalue weighted by molar-refractivity contribution is 7.99. The van der Waals surface area contributed by atoms with Crippen LogP contribution in [0.1, 0.15) is 16.8 Å². The van der Waals surface area contributed by atoms with Gasteiger partial charge < -0.3 is 10.4 Å². The summed E-state index contributed by atoms with van der Waals surface area (Å²) in [6.07, 6.45) is 0.372. The highest BCUT2D eigenvalue weighted by Gasteiger charge is 2.05. The van der Waals surface area contributed by atoms with Gasteiger partial charge in [-0.25, -0.2) is 4.79 Å². The third kappa shape index (κ3) is 4.96. The van der Waals surface area contributed by atoms with Crippen LogP contribution in [0.3, 0.4) is 0 Å². The summed E-state index contributed by atoms with van der Waals surface area (Å²) >= 11 is 1.47. The molecule has 0 aliphatic heterocycles. The molecule has 0 aliphatic carbocycles. The maximum Gasteiger partial charge on any atom is 0.335 e. The maximum atomic E-state index is 11.8. The fourth-order valence-electron chi connectivity index (χ4n) is 1.73. The van der Waals surface area contributed by atoms with Gasteiger partial charge in [0, 0.05) is 22.8 Å². The Morgan fingerprint density at radius 2 is 1.81 bits per heavy atom. The second kappa shape index (κ2) is 7.50. The van der Waals surface area contributed by atoms with Crippen LogP contribution in [-0.4, -0.2) is 22.7 Å². The molecular weight excluding hydrogens is 286 g/mol. The summed E-state index contributed by atoms with van der Waals surface area (Å²) < 4.78 is 0. The second-order valence-electron chi connectivity index (χ2n) is 4.35. The number of carboxylic acids is 1. The van der Waals surface area contributed by atoms with Crippen molar-refractivity contribution in [3.63, 3.8) is 0 Å². The predicted molar refractivity (Wildman–Crippen MR) is 83.8 cm³/mol. The van der Waals surface area contributed by atoms with Crippen molar-refractivity contribution in [2.45, 2.75) is 11.3 Å². The number of nitrogens with one attached hydrogen (secondary N) is 1. The Labute approximate surface area is 127 Å². The first-order chi connectivity index (χ1) is 10.1. The van der Waals surface area contributed by atoms with Gasteiger partial charge in [0.25, 0.3) is 0 Å². The van der Waals surface area contributed by atoms with Crippen molar-refractivity contribution in [2.24, 2.45) is 0 Å². The largest absolute Gasteiger partial charge is 0.478 e. The normalized spacial score (nSPS) is 10.1. The minimum Gasteiger partial charge on any atom is -0.478 e. The molecule has 0 fully saturated rings. The van der Waals surface area contributed by atoms with Crippen LogP contribution in [0.2, 0.25) is 0 Å². The topological polar surface area (TPSA) is 66.4 Å². The number of carbonyl (C=O) groups excluding carboxylic acids is 1. The third-order valence-corrected chi connectivity index (χ3v) is 3.73. The Balaban J connectivity index is 1.80. The molecule has 0 radical (unpaired) electrons. The van der Waals surface area contributed by atoms with Crippen molar-refractivity contribution in [1.29, 1.82) is 0 Å². The van der Waals surface area contributed by atoms with Gasteiger partial charge in [0.15, 0.2) is 0 Å². The van der Waals surface area contributed by atoms with Crippen molar-refractivity contribution in [3.05, 3.63) is 60.2 Å². The van der Waals surface area contributed by atoms with E-state index < -0.39 is 5.97 Å². The van der Waals surface area contributed by atoms with E-state index in [4.69, 9.17) is 5.11 Å². The summed E-state index contributed by atoms with van der Waals surface area (Å²) in [7, 11) is 0. The van der Waals surface area contributed by atoms with Gasteiger partial charge in [0.2, 0.25) is 5.91 Å². The molecule has 5 heteroatoms. The highest BCUT2D eigenvalue weighted by atomic mass is 32.2. The maximum absolute atomic E-state index is 11.8. The number of amides is 1. The van der Waals surface area contributed by atoms with Crippen LogP contribution in [0, 0.1) is 0 Å². The first-order valence-corrected chi connectivity index (χ1v) is 7.45. The number of carbonyl (C=O) groups is 2. The SMILES string of the molecule is O=C(CCSc1cccc(C(=O)O)c1)Nc1ccccc1. The number of para-hydroxylation sites is 1. The lowest BCUT2D eigenvalue weighted by Crippen LogP contribution is -2.11. The molecule has 0 unspecified atom stereocenters. The zero-order valence-electron chi connectivity index (χ0n) is 11.3. The van der Waals surface area contributed by atoms with Crippen LogP contribution in [0.4, 0.5) is 5.69 Å². The fourth-order valence-corrected chi connectivity index (χ4v) is 2.63. The number of hydrogen-bond donors (Lipinski definition) is 2. The van der Waals surface area contributed by atoms with E-state index in [1.54, 1.807) is 18.2 Å². The molecule has 0 saturated heterocycles. The van der Waals surface area contributed by atoms with E-state index in [9.17, 15) is 9.59 Å². The van der Waals surface area contributed by atoms with Gasteiger partial charge in [-0.1, -0.05) is 24.3 Å². The Kier molecular flexibility index (Phi) is 5.40. The van der Waals surface area contributed by atoms with Gasteiger partial charge in [-0.3, -0.25) is 4.79 Å². The molecule has 0 aliphatic rings. The lowest BCUT2D eigenvalue weighted by atomic mass is 10.2. The van der Waals surface area contributed by atoms with Crippen LogP contribution in [0.25, 0.3) is 0 Å². The first-order valence-electron chi connectivity index (χ1n) is 6.46. The monoisotopic (exact) mass is 301 g/mol. The molecule has 2 N–H and O–H groups in total. The number of hydrogen-bond acceptors (Lipinski definition) is 3. The molecule has 2 aromatic carbocycles. The van der Waals surface area contributed by atoms with Crippen LogP contribution >= 0.6 is 11.8 Å². The molecule has 0 atom stereocenters. The van der Waals surface area contributed by atoms with Crippen molar-refractivity contribution in [2.75, 3.05) is 11.1 Å². The van der Waals surface area contributed by atoms with Gasteiger partial charge in [-0.15, -0.1) is 11.8 Å². The smallest absolute Gasteiger partial charge is 0.335 e. The lowest BCUT2D eigenvalue weighted by Gasteiger charge is -2.05. The Morgan fingerprint density at radius 3 is 2.52 bits per heavy atom. The summed E-state index contributed by atoms with van der Waals surface area (Å²) in [5.41, 5.74) is 1.04. The van der Waals surface area contributed by atoms with Crippen molar-refractivity contribution >= 4 is 29.3 Å². The molecular formula is C16H15NO3S. The molecule has 2 aromatic rings.